The molecule has 0 radical (unpaired) electrons. The second kappa shape index (κ2) is 6.11. The van der Waals surface area contributed by atoms with Gasteiger partial charge in [-0.3, -0.25) is 9.59 Å². The van der Waals surface area contributed by atoms with Crippen LogP contribution in [-0.4, -0.2) is 23.0 Å². The minimum Gasteiger partial charge on any atom is -0.481 e. The number of carbonyl (C=O) groups excluding carboxylic acids is 1. The highest BCUT2D eigenvalue weighted by molar-refractivity contribution is 7.20. The monoisotopic (exact) mass is 321 g/mol. The summed E-state index contributed by atoms with van der Waals surface area (Å²) >= 11 is 12.8. The number of halogens is 2. The maximum atomic E-state index is 12.1. The first kappa shape index (κ1) is 14.6. The summed E-state index contributed by atoms with van der Waals surface area (Å²) < 4.78 is 0.763. The Labute approximate surface area is 124 Å². The molecule has 0 spiro atoms. The molecule has 2 unspecified atom stereocenters. The van der Waals surface area contributed by atoms with E-state index in [1.54, 1.807) is 0 Å². The van der Waals surface area contributed by atoms with Gasteiger partial charge < -0.3 is 10.4 Å². The summed E-state index contributed by atoms with van der Waals surface area (Å²) in [7, 11) is 0. The van der Waals surface area contributed by atoms with Gasteiger partial charge in [0, 0.05) is 6.04 Å². The van der Waals surface area contributed by atoms with Gasteiger partial charge in [-0.1, -0.05) is 36.0 Å². The first-order valence-corrected chi connectivity index (χ1v) is 7.55. The predicted octanol–water partition coefficient (Wildman–Crippen LogP) is 3.43. The fourth-order valence-corrected chi connectivity index (χ4v) is 3.80. The van der Waals surface area contributed by atoms with Crippen LogP contribution in [0, 0.1) is 5.92 Å². The SMILES string of the molecule is O=C(NC1CCCCC1C(=O)O)c1cc(Cl)sc1Cl. The van der Waals surface area contributed by atoms with Gasteiger partial charge in [0.25, 0.3) is 5.91 Å². The smallest absolute Gasteiger partial charge is 0.308 e. The van der Waals surface area contributed by atoms with Crippen LogP contribution in [0.25, 0.3) is 0 Å². The lowest BCUT2D eigenvalue weighted by Gasteiger charge is -2.29. The highest BCUT2D eigenvalue weighted by atomic mass is 35.5. The van der Waals surface area contributed by atoms with Gasteiger partial charge in [0.15, 0.2) is 0 Å². The summed E-state index contributed by atoms with van der Waals surface area (Å²) in [6, 6.07) is 1.16. The van der Waals surface area contributed by atoms with Crippen LogP contribution in [0.5, 0.6) is 0 Å². The molecule has 0 saturated heterocycles. The molecule has 7 heteroatoms. The molecule has 0 aliphatic heterocycles. The summed E-state index contributed by atoms with van der Waals surface area (Å²) in [5.41, 5.74) is 0.311. The molecule has 4 nitrogen and oxygen atoms in total. The normalized spacial score (nSPS) is 23.1. The molecule has 1 aromatic rings. The largest absolute Gasteiger partial charge is 0.481 e. The van der Waals surface area contributed by atoms with E-state index in [2.05, 4.69) is 5.32 Å². The number of aliphatic carboxylic acids is 1. The lowest BCUT2D eigenvalue weighted by Crippen LogP contribution is -2.45. The molecule has 1 aliphatic rings. The third kappa shape index (κ3) is 3.41. The van der Waals surface area contributed by atoms with Crippen molar-refractivity contribution in [2.75, 3.05) is 0 Å². The van der Waals surface area contributed by atoms with Crippen LogP contribution in [-0.2, 0) is 4.79 Å². The fraction of sp³-hybridized carbons (Fsp3) is 0.500. The molecular formula is C12H13Cl2NO3S. The fourth-order valence-electron chi connectivity index (χ4n) is 2.34. The molecular weight excluding hydrogens is 309 g/mol. The zero-order valence-corrected chi connectivity index (χ0v) is 12.3. The minimum atomic E-state index is -0.862. The quantitative estimate of drug-likeness (QED) is 0.896. The highest BCUT2D eigenvalue weighted by Gasteiger charge is 2.32. The van der Waals surface area contributed by atoms with Crippen molar-refractivity contribution in [3.05, 3.63) is 20.3 Å². The number of thiophene rings is 1. The van der Waals surface area contributed by atoms with Gasteiger partial charge in [-0.05, 0) is 18.9 Å². The first-order valence-electron chi connectivity index (χ1n) is 5.97. The summed E-state index contributed by atoms with van der Waals surface area (Å²) in [5.74, 6) is -1.74. The zero-order valence-electron chi connectivity index (χ0n) is 9.99. The molecule has 0 bridgehead atoms. The predicted molar refractivity (Wildman–Crippen MR) is 75.2 cm³/mol. The Bertz CT molecular complexity index is 503. The summed E-state index contributed by atoms with van der Waals surface area (Å²) in [5, 5.41) is 11.9. The number of carboxylic acids is 1. The topological polar surface area (TPSA) is 66.4 Å². The number of nitrogens with one attached hydrogen (secondary N) is 1. The van der Waals surface area contributed by atoms with Crippen molar-refractivity contribution in [2.45, 2.75) is 31.7 Å². The van der Waals surface area contributed by atoms with Gasteiger partial charge in [-0.25, -0.2) is 0 Å². The van der Waals surface area contributed by atoms with Crippen molar-refractivity contribution in [2.24, 2.45) is 5.92 Å². The lowest BCUT2D eigenvalue weighted by molar-refractivity contribution is -0.143. The molecule has 1 amide bonds. The number of hydrogen-bond donors (Lipinski definition) is 2. The maximum absolute atomic E-state index is 12.1. The Balaban J connectivity index is 2.09. The summed E-state index contributed by atoms with van der Waals surface area (Å²) in [6.07, 6.45) is 3.08. The van der Waals surface area contributed by atoms with Crippen LogP contribution in [0.4, 0.5) is 0 Å². The molecule has 1 heterocycles. The van der Waals surface area contributed by atoms with E-state index in [9.17, 15) is 9.59 Å². The van der Waals surface area contributed by atoms with E-state index in [4.69, 9.17) is 28.3 Å². The number of hydrogen-bond acceptors (Lipinski definition) is 3. The molecule has 104 valence electrons. The van der Waals surface area contributed by atoms with Gasteiger partial charge in [0.1, 0.15) is 4.34 Å². The van der Waals surface area contributed by atoms with Crippen LogP contribution in [0.15, 0.2) is 6.07 Å². The summed E-state index contributed by atoms with van der Waals surface area (Å²) in [4.78, 5) is 23.2. The average Bonchev–Trinajstić information content (AvgIpc) is 2.69. The second-order valence-corrected chi connectivity index (χ2v) is 6.83. The third-order valence-corrected chi connectivity index (χ3v) is 4.79. The second-order valence-electron chi connectivity index (χ2n) is 4.55. The third-order valence-electron chi connectivity index (χ3n) is 3.30. The molecule has 2 N–H and O–H groups in total. The van der Waals surface area contributed by atoms with E-state index in [-0.39, 0.29) is 11.9 Å². The van der Waals surface area contributed by atoms with Crippen LogP contribution in [0.2, 0.25) is 8.67 Å². The number of carbonyl (C=O) groups is 2. The molecule has 2 rings (SSSR count). The molecule has 2 atom stereocenters. The van der Waals surface area contributed by atoms with Crippen molar-refractivity contribution < 1.29 is 14.7 Å². The van der Waals surface area contributed by atoms with Gasteiger partial charge in [0.05, 0.1) is 15.8 Å². The van der Waals surface area contributed by atoms with E-state index in [0.717, 1.165) is 24.2 Å². The summed E-state index contributed by atoms with van der Waals surface area (Å²) in [6.45, 7) is 0. The highest BCUT2D eigenvalue weighted by Crippen LogP contribution is 2.32. The Kier molecular flexibility index (Phi) is 4.71. The standard InChI is InChI=1S/C12H13Cl2NO3S/c13-9-5-7(10(14)19-9)11(16)15-8-4-2-1-3-6(8)12(17)18/h5-6,8H,1-4H2,(H,15,16)(H,17,18). The number of amides is 1. The first-order chi connectivity index (χ1) is 8.99. The zero-order chi connectivity index (χ0) is 14.0. The Morgan fingerprint density at radius 3 is 2.58 bits per heavy atom. The van der Waals surface area contributed by atoms with Crippen LogP contribution in [0.1, 0.15) is 36.0 Å². The van der Waals surface area contributed by atoms with E-state index in [1.165, 1.54) is 6.07 Å². The van der Waals surface area contributed by atoms with E-state index < -0.39 is 11.9 Å². The van der Waals surface area contributed by atoms with Crippen LogP contribution < -0.4 is 5.32 Å². The Hall–Kier alpha value is -0.780. The Morgan fingerprint density at radius 2 is 2.00 bits per heavy atom. The van der Waals surface area contributed by atoms with Crippen molar-refractivity contribution >= 4 is 46.4 Å². The van der Waals surface area contributed by atoms with Crippen molar-refractivity contribution in [1.82, 2.24) is 5.32 Å². The number of carboxylic acid groups (broad SMARTS) is 1. The molecule has 19 heavy (non-hydrogen) atoms. The van der Waals surface area contributed by atoms with Crippen molar-refractivity contribution in [1.29, 1.82) is 0 Å². The van der Waals surface area contributed by atoms with Gasteiger partial charge >= 0.3 is 5.97 Å². The lowest BCUT2D eigenvalue weighted by atomic mass is 9.84. The Morgan fingerprint density at radius 1 is 1.32 bits per heavy atom. The number of rotatable bonds is 3. The minimum absolute atomic E-state index is 0.311. The molecule has 1 fully saturated rings. The van der Waals surface area contributed by atoms with Crippen molar-refractivity contribution in [3.63, 3.8) is 0 Å². The van der Waals surface area contributed by atoms with E-state index >= 15 is 0 Å². The van der Waals surface area contributed by atoms with Crippen molar-refractivity contribution in [3.8, 4) is 0 Å². The van der Waals surface area contributed by atoms with E-state index in [0.29, 0.717) is 27.1 Å². The van der Waals surface area contributed by atoms with Crippen LogP contribution >= 0.6 is 34.5 Å². The average molecular weight is 322 g/mol. The van der Waals surface area contributed by atoms with Crippen LogP contribution in [0.3, 0.4) is 0 Å². The molecule has 1 saturated carbocycles. The molecule has 1 aliphatic carbocycles. The van der Waals surface area contributed by atoms with E-state index in [1.807, 2.05) is 0 Å². The maximum Gasteiger partial charge on any atom is 0.308 e. The molecule has 1 aromatic heterocycles. The van der Waals surface area contributed by atoms with Gasteiger partial charge in [-0.2, -0.15) is 0 Å². The molecule has 0 aromatic carbocycles. The van der Waals surface area contributed by atoms with Gasteiger partial charge in [0.2, 0.25) is 0 Å². The van der Waals surface area contributed by atoms with Gasteiger partial charge in [-0.15, -0.1) is 11.3 Å².